The number of likely N-dealkylation sites (tertiary alicyclic amines) is 1. The maximum atomic E-state index is 13.3. The molecule has 0 atom stereocenters. The summed E-state index contributed by atoms with van der Waals surface area (Å²) in [6.07, 6.45) is 4.88. The van der Waals surface area contributed by atoms with Gasteiger partial charge in [0.2, 0.25) is 11.6 Å². The van der Waals surface area contributed by atoms with Crippen LogP contribution in [0.4, 0.5) is 5.82 Å². The zero-order valence-electron chi connectivity index (χ0n) is 22.5. The fraction of sp³-hybridized carbons (Fsp3) is 0.333. The number of hydrazone groups is 1. The summed E-state index contributed by atoms with van der Waals surface area (Å²) in [5.41, 5.74) is 10.7. The highest BCUT2D eigenvalue weighted by Gasteiger charge is 2.26. The molecule has 3 heterocycles. The number of halogens is 1. The van der Waals surface area contributed by atoms with Crippen LogP contribution in [0.25, 0.3) is 5.82 Å². The number of aromatic nitrogens is 5. The fourth-order valence-electron chi connectivity index (χ4n) is 4.41. The zero-order chi connectivity index (χ0) is 28.6. The number of carbonyl (C=O) groups excluding carboxylic acids is 1. The number of anilines is 1. The smallest absolute Gasteiger partial charge is 0.292 e. The highest BCUT2D eigenvalue weighted by Crippen LogP contribution is 2.29. The molecule has 2 aromatic carbocycles. The molecule has 0 saturated carbocycles. The van der Waals surface area contributed by atoms with Crippen LogP contribution < -0.4 is 20.6 Å². The fourth-order valence-corrected chi connectivity index (χ4v) is 4.54. The van der Waals surface area contributed by atoms with Crippen molar-refractivity contribution in [2.45, 2.75) is 39.3 Å². The van der Waals surface area contributed by atoms with E-state index in [9.17, 15) is 4.79 Å². The Hall–Kier alpha value is -4.49. The van der Waals surface area contributed by atoms with E-state index >= 15 is 0 Å². The Morgan fingerprint density at radius 1 is 1.12 bits per heavy atom. The molecule has 3 N–H and O–H groups in total. The van der Waals surface area contributed by atoms with Gasteiger partial charge in [-0.05, 0) is 84.6 Å². The lowest BCUT2D eigenvalue weighted by Crippen LogP contribution is -2.31. The van der Waals surface area contributed by atoms with Crippen molar-refractivity contribution < 1.29 is 18.9 Å². The van der Waals surface area contributed by atoms with E-state index in [0.29, 0.717) is 47.5 Å². The average molecular weight is 580 g/mol. The summed E-state index contributed by atoms with van der Waals surface area (Å²) < 4.78 is 17.7. The minimum Gasteiger partial charge on any atom is -0.490 e. The Morgan fingerprint density at radius 2 is 1.93 bits per heavy atom. The summed E-state index contributed by atoms with van der Waals surface area (Å²) in [6.45, 7) is 4.98. The minimum atomic E-state index is -0.534. The molecular weight excluding hydrogens is 550 g/mol. The number of hydrogen-bond acceptors (Lipinski definition) is 11. The zero-order valence-corrected chi connectivity index (χ0v) is 23.3. The Kier molecular flexibility index (Phi) is 9.06. The van der Waals surface area contributed by atoms with Gasteiger partial charge in [0.1, 0.15) is 12.3 Å². The molecule has 1 amide bonds. The number of amides is 1. The molecule has 1 aliphatic heterocycles. The molecule has 0 aliphatic carbocycles. The molecule has 1 saturated heterocycles. The van der Waals surface area contributed by atoms with E-state index in [1.807, 2.05) is 37.3 Å². The topological polar surface area (TPSA) is 159 Å². The quantitative estimate of drug-likeness (QED) is 0.198. The average Bonchev–Trinajstić information content (AvgIpc) is 3.59. The van der Waals surface area contributed by atoms with Crippen LogP contribution in [0.5, 0.6) is 11.5 Å². The van der Waals surface area contributed by atoms with Crippen molar-refractivity contribution in [3.63, 3.8) is 0 Å². The van der Waals surface area contributed by atoms with Crippen LogP contribution >= 0.6 is 11.6 Å². The third kappa shape index (κ3) is 6.99. The molecule has 41 heavy (non-hydrogen) atoms. The monoisotopic (exact) mass is 579 g/mol. The SMILES string of the molecule is CCOc1cc(/C=N\NC(=O)c2c(CN3CCCCC3)nnn2-c2nonc2N)ccc1OCc1ccc(Cl)cc1. The second kappa shape index (κ2) is 13.2. The molecule has 0 radical (unpaired) electrons. The predicted octanol–water partition coefficient (Wildman–Crippen LogP) is 3.61. The number of nitrogens with two attached hydrogens (primary N) is 1. The van der Waals surface area contributed by atoms with Crippen molar-refractivity contribution in [2.24, 2.45) is 5.10 Å². The third-order valence-electron chi connectivity index (χ3n) is 6.43. The molecule has 14 heteroatoms. The predicted molar refractivity (Wildman–Crippen MR) is 151 cm³/mol. The number of rotatable bonds is 11. The molecule has 1 fully saturated rings. The van der Waals surface area contributed by atoms with E-state index in [1.54, 1.807) is 12.1 Å². The molecule has 5 rings (SSSR count). The van der Waals surface area contributed by atoms with Crippen LogP contribution in [0.1, 0.15) is 53.5 Å². The van der Waals surface area contributed by atoms with Gasteiger partial charge in [0.15, 0.2) is 17.2 Å². The van der Waals surface area contributed by atoms with Crippen molar-refractivity contribution in [3.8, 4) is 17.3 Å². The lowest BCUT2D eigenvalue weighted by molar-refractivity contribution is 0.0944. The van der Waals surface area contributed by atoms with E-state index in [2.05, 4.69) is 36.1 Å². The van der Waals surface area contributed by atoms with E-state index in [0.717, 1.165) is 31.5 Å². The number of nitrogens with zero attached hydrogens (tertiary/aromatic N) is 7. The largest absolute Gasteiger partial charge is 0.490 e. The molecular formula is C27H30ClN9O4. The van der Waals surface area contributed by atoms with Crippen LogP contribution in [0.3, 0.4) is 0 Å². The van der Waals surface area contributed by atoms with Gasteiger partial charge in [0.25, 0.3) is 5.91 Å². The van der Waals surface area contributed by atoms with Gasteiger partial charge in [0.05, 0.1) is 12.8 Å². The van der Waals surface area contributed by atoms with Crippen LogP contribution in [0.15, 0.2) is 52.2 Å². The summed E-state index contributed by atoms with van der Waals surface area (Å²) in [7, 11) is 0. The van der Waals surface area contributed by atoms with Gasteiger partial charge in [-0.15, -0.1) is 5.10 Å². The van der Waals surface area contributed by atoms with Crippen molar-refractivity contribution in [1.29, 1.82) is 0 Å². The van der Waals surface area contributed by atoms with Gasteiger partial charge in [0, 0.05) is 11.6 Å². The van der Waals surface area contributed by atoms with Crippen molar-refractivity contribution in [2.75, 3.05) is 25.4 Å². The first kappa shape index (κ1) is 28.1. The minimum absolute atomic E-state index is 0.0150. The number of carbonyl (C=O) groups is 1. The summed E-state index contributed by atoms with van der Waals surface area (Å²) in [6, 6.07) is 12.8. The number of nitrogens with one attached hydrogen (secondary N) is 1. The molecule has 214 valence electrons. The maximum Gasteiger partial charge on any atom is 0.292 e. The Labute approximate surface area is 241 Å². The van der Waals surface area contributed by atoms with Crippen molar-refractivity contribution in [1.82, 2.24) is 35.6 Å². The highest BCUT2D eigenvalue weighted by atomic mass is 35.5. The van der Waals surface area contributed by atoms with Crippen molar-refractivity contribution in [3.05, 3.63) is 70.0 Å². The summed E-state index contributed by atoms with van der Waals surface area (Å²) in [4.78, 5) is 15.6. The molecule has 13 nitrogen and oxygen atoms in total. The summed E-state index contributed by atoms with van der Waals surface area (Å²) >= 11 is 5.96. The van der Waals surface area contributed by atoms with Crippen LogP contribution in [0.2, 0.25) is 5.02 Å². The number of benzene rings is 2. The standard InChI is InChI=1S/C27H30ClN9O4/c1-2-39-23-14-19(8-11-22(23)40-17-18-6-9-20(28)10-7-18)15-30-32-27(38)24-21(16-36-12-4-3-5-13-36)31-35-37(24)26-25(29)33-41-34-26/h6-11,14-15H,2-5,12-13,16-17H2,1H3,(H2,29,33)(H,32,38)/b30-15-. The first-order chi connectivity index (χ1) is 20.0. The lowest BCUT2D eigenvalue weighted by atomic mass is 10.1. The van der Waals surface area contributed by atoms with Gasteiger partial charge < -0.3 is 15.2 Å². The molecule has 1 aliphatic rings. The van der Waals surface area contributed by atoms with Gasteiger partial charge in [-0.2, -0.15) is 9.78 Å². The molecule has 0 spiro atoms. The van der Waals surface area contributed by atoms with Gasteiger partial charge in [-0.3, -0.25) is 9.69 Å². The van der Waals surface area contributed by atoms with Crippen LogP contribution in [-0.2, 0) is 13.2 Å². The molecule has 0 unspecified atom stereocenters. The van der Waals surface area contributed by atoms with E-state index in [4.69, 9.17) is 31.4 Å². The summed E-state index contributed by atoms with van der Waals surface area (Å²) in [5.74, 6) is 0.662. The molecule has 0 bridgehead atoms. The number of nitrogen functional groups attached to an aromatic ring is 1. The number of hydrogen-bond donors (Lipinski definition) is 2. The Morgan fingerprint density at radius 3 is 2.66 bits per heavy atom. The highest BCUT2D eigenvalue weighted by molar-refractivity contribution is 6.30. The van der Waals surface area contributed by atoms with Crippen LogP contribution in [0, 0.1) is 0 Å². The Bertz CT molecular complexity index is 1500. The second-order valence-electron chi connectivity index (χ2n) is 9.36. The van der Waals surface area contributed by atoms with E-state index in [-0.39, 0.29) is 17.3 Å². The molecule has 2 aromatic heterocycles. The van der Waals surface area contributed by atoms with E-state index < -0.39 is 5.91 Å². The normalized spacial score (nSPS) is 13.9. The first-order valence-corrected chi connectivity index (χ1v) is 13.6. The number of ether oxygens (including phenoxy) is 2. The van der Waals surface area contributed by atoms with Crippen LogP contribution in [-0.4, -0.2) is 62.0 Å². The van der Waals surface area contributed by atoms with Gasteiger partial charge >= 0.3 is 0 Å². The Balaban J connectivity index is 1.30. The van der Waals surface area contributed by atoms with E-state index in [1.165, 1.54) is 17.3 Å². The lowest BCUT2D eigenvalue weighted by Gasteiger charge is -2.25. The van der Waals surface area contributed by atoms with Gasteiger partial charge in [-0.1, -0.05) is 35.4 Å². The summed E-state index contributed by atoms with van der Waals surface area (Å²) in [5, 5.41) is 20.5. The number of piperidine rings is 1. The first-order valence-electron chi connectivity index (χ1n) is 13.2. The van der Waals surface area contributed by atoms with Crippen molar-refractivity contribution >= 4 is 29.5 Å². The molecule has 4 aromatic rings. The second-order valence-corrected chi connectivity index (χ2v) is 9.80. The third-order valence-corrected chi connectivity index (χ3v) is 6.68. The van der Waals surface area contributed by atoms with Gasteiger partial charge in [-0.25, -0.2) is 10.1 Å². The maximum absolute atomic E-state index is 13.3.